The standard InChI is InChI=1S/C57H105N5O4/c1-10-14-16-18-20-22-24-26-28-30-32-34-36-38-40-42-52(63)61(46-12-3)54(50(5)6)56(65)58-44-48-60(9)49-45-59-57(66)55(51(7)8)62(47-13-4)53(64)43-41-39-37-35-33-31-29-27-25-23-21-19-17-15-11-2/h20-23,26-29,50-51,54-55H,10-19,24-25,30-49H2,1-9H3,(H,58,65)(H,59,66)/b22-20-,23-21-,28-26-,29-27-. The molecule has 9 heteroatoms. The van der Waals surface area contributed by atoms with Crippen molar-refractivity contribution in [2.45, 2.75) is 234 Å². The van der Waals surface area contributed by atoms with Gasteiger partial charge >= 0.3 is 0 Å². The lowest BCUT2D eigenvalue weighted by molar-refractivity contribution is -0.142. The van der Waals surface area contributed by atoms with Crippen molar-refractivity contribution in [2.75, 3.05) is 46.3 Å². The maximum Gasteiger partial charge on any atom is 0.243 e. The summed E-state index contributed by atoms with van der Waals surface area (Å²) < 4.78 is 0. The third-order valence-electron chi connectivity index (χ3n) is 12.3. The van der Waals surface area contributed by atoms with Crippen molar-refractivity contribution >= 4 is 23.6 Å². The van der Waals surface area contributed by atoms with Crippen LogP contribution in [0.25, 0.3) is 0 Å². The van der Waals surface area contributed by atoms with Crippen molar-refractivity contribution in [1.82, 2.24) is 25.3 Å². The van der Waals surface area contributed by atoms with Gasteiger partial charge in [-0.2, -0.15) is 0 Å². The fourth-order valence-corrected chi connectivity index (χ4v) is 8.45. The molecular formula is C57H105N5O4. The fraction of sp³-hybridized carbons (Fsp3) is 0.789. The summed E-state index contributed by atoms with van der Waals surface area (Å²) in [4.78, 5) is 59.9. The summed E-state index contributed by atoms with van der Waals surface area (Å²) in [6.07, 6.45) is 46.0. The Hall–Kier alpha value is -3.20. The smallest absolute Gasteiger partial charge is 0.243 e. The lowest BCUT2D eigenvalue weighted by atomic mass is 10.00. The molecule has 0 aromatic carbocycles. The molecule has 2 atom stereocenters. The van der Waals surface area contributed by atoms with E-state index in [-0.39, 0.29) is 35.5 Å². The van der Waals surface area contributed by atoms with E-state index in [2.05, 4.69) is 91.8 Å². The number of nitrogens with zero attached hydrogens (tertiary/aromatic N) is 3. The number of nitrogens with one attached hydrogen (secondary N) is 2. The van der Waals surface area contributed by atoms with Crippen LogP contribution in [0.1, 0.15) is 222 Å². The fourth-order valence-electron chi connectivity index (χ4n) is 8.45. The van der Waals surface area contributed by atoms with Crippen molar-refractivity contribution in [3.05, 3.63) is 48.6 Å². The maximum absolute atomic E-state index is 13.6. The number of likely N-dealkylation sites (N-methyl/N-ethyl adjacent to an activating group) is 1. The number of amides is 4. The minimum Gasteiger partial charge on any atom is -0.353 e. The molecule has 0 saturated heterocycles. The van der Waals surface area contributed by atoms with Crippen LogP contribution in [0.15, 0.2) is 48.6 Å². The number of carbonyl (C=O) groups is 4. The van der Waals surface area contributed by atoms with E-state index in [0.29, 0.717) is 52.1 Å². The second-order valence-electron chi connectivity index (χ2n) is 19.4. The van der Waals surface area contributed by atoms with Gasteiger partial charge in [-0.3, -0.25) is 19.2 Å². The molecule has 382 valence electrons. The average molecular weight is 924 g/mol. The Morgan fingerprint density at radius 2 is 0.727 bits per heavy atom. The molecule has 0 aliphatic carbocycles. The largest absolute Gasteiger partial charge is 0.353 e. The van der Waals surface area contributed by atoms with E-state index in [0.717, 1.165) is 77.0 Å². The molecule has 0 aromatic rings. The molecule has 66 heavy (non-hydrogen) atoms. The van der Waals surface area contributed by atoms with E-state index >= 15 is 0 Å². The van der Waals surface area contributed by atoms with Crippen LogP contribution in [-0.4, -0.2) is 96.7 Å². The minimum atomic E-state index is -0.503. The lowest BCUT2D eigenvalue weighted by Gasteiger charge is -2.34. The number of hydrogen-bond acceptors (Lipinski definition) is 5. The molecule has 0 bridgehead atoms. The second-order valence-corrected chi connectivity index (χ2v) is 19.4. The van der Waals surface area contributed by atoms with E-state index in [9.17, 15) is 19.2 Å². The third-order valence-corrected chi connectivity index (χ3v) is 12.3. The van der Waals surface area contributed by atoms with Gasteiger partial charge in [-0.25, -0.2) is 0 Å². The molecule has 0 spiro atoms. The summed E-state index contributed by atoms with van der Waals surface area (Å²) in [6, 6.07) is -1.01. The van der Waals surface area contributed by atoms with Gasteiger partial charge in [0.1, 0.15) is 12.1 Å². The molecule has 0 fully saturated rings. The molecule has 9 nitrogen and oxygen atoms in total. The quantitative estimate of drug-likeness (QED) is 0.0468. The van der Waals surface area contributed by atoms with Gasteiger partial charge in [0.25, 0.3) is 0 Å². The number of rotatable bonds is 44. The molecule has 0 saturated carbocycles. The summed E-state index contributed by atoms with van der Waals surface area (Å²) in [5.74, 6) is -0.0744. The van der Waals surface area contributed by atoms with Gasteiger partial charge in [-0.15, -0.1) is 0 Å². The number of unbranched alkanes of at least 4 members (excludes halogenated alkanes) is 16. The maximum atomic E-state index is 13.6. The summed E-state index contributed by atoms with van der Waals surface area (Å²) in [5, 5.41) is 6.22. The lowest BCUT2D eigenvalue weighted by Crippen LogP contribution is -2.54. The highest BCUT2D eigenvalue weighted by Crippen LogP contribution is 2.18. The Balaban J connectivity index is 4.70. The molecule has 0 aromatic heterocycles. The van der Waals surface area contributed by atoms with Gasteiger partial charge in [0.15, 0.2) is 0 Å². The van der Waals surface area contributed by atoms with Gasteiger partial charge < -0.3 is 25.3 Å². The van der Waals surface area contributed by atoms with Crippen LogP contribution in [-0.2, 0) is 19.2 Å². The zero-order chi connectivity index (χ0) is 49.0. The highest BCUT2D eigenvalue weighted by Gasteiger charge is 2.33. The highest BCUT2D eigenvalue weighted by molar-refractivity contribution is 5.88. The molecule has 2 N–H and O–H groups in total. The first kappa shape index (κ1) is 62.8. The Bertz CT molecular complexity index is 1230. The van der Waals surface area contributed by atoms with Crippen molar-refractivity contribution in [3.8, 4) is 0 Å². The Labute approximate surface area is 407 Å². The number of carbonyl (C=O) groups excluding carboxylic acids is 4. The molecule has 0 radical (unpaired) electrons. The summed E-state index contributed by atoms with van der Waals surface area (Å²) in [5.41, 5.74) is 0. The zero-order valence-electron chi connectivity index (χ0n) is 44.5. The molecular weight excluding hydrogens is 819 g/mol. The van der Waals surface area contributed by atoms with Gasteiger partial charge in [0.05, 0.1) is 0 Å². The van der Waals surface area contributed by atoms with Gasteiger partial charge in [0.2, 0.25) is 23.6 Å². The van der Waals surface area contributed by atoms with E-state index in [1.807, 2.05) is 44.5 Å². The van der Waals surface area contributed by atoms with Crippen LogP contribution in [0.5, 0.6) is 0 Å². The van der Waals surface area contributed by atoms with E-state index in [4.69, 9.17) is 0 Å². The predicted octanol–water partition coefficient (Wildman–Crippen LogP) is 13.3. The first-order valence-electron chi connectivity index (χ1n) is 27.4. The molecule has 0 aliphatic heterocycles. The predicted molar refractivity (Wildman–Crippen MR) is 283 cm³/mol. The monoisotopic (exact) mass is 924 g/mol. The van der Waals surface area contributed by atoms with Crippen molar-refractivity contribution in [3.63, 3.8) is 0 Å². The van der Waals surface area contributed by atoms with Crippen LogP contribution >= 0.6 is 0 Å². The van der Waals surface area contributed by atoms with Crippen LogP contribution in [0.2, 0.25) is 0 Å². The van der Waals surface area contributed by atoms with Crippen LogP contribution < -0.4 is 10.6 Å². The van der Waals surface area contributed by atoms with Crippen molar-refractivity contribution < 1.29 is 19.2 Å². The van der Waals surface area contributed by atoms with E-state index in [1.165, 1.54) is 77.0 Å². The Kier molecular flexibility index (Phi) is 42.2. The molecule has 0 aliphatic rings. The molecule has 2 unspecified atom stereocenters. The molecule has 0 rings (SSSR count). The molecule has 0 heterocycles. The topological polar surface area (TPSA) is 102 Å². The summed E-state index contributed by atoms with van der Waals surface area (Å²) in [6.45, 7) is 19.9. The molecule has 4 amide bonds. The number of allylic oxidation sites excluding steroid dienone is 8. The third kappa shape index (κ3) is 33.3. The first-order chi connectivity index (χ1) is 32.0. The summed E-state index contributed by atoms with van der Waals surface area (Å²) in [7, 11) is 1.98. The minimum absolute atomic E-state index is 0.00799. The Morgan fingerprint density at radius 1 is 0.409 bits per heavy atom. The zero-order valence-corrected chi connectivity index (χ0v) is 44.5. The van der Waals surface area contributed by atoms with Crippen molar-refractivity contribution in [2.24, 2.45) is 11.8 Å². The van der Waals surface area contributed by atoms with E-state index < -0.39 is 12.1 Å². The van der Waals surface area contributed by atoms with Crippen LogP contribution in [0, 0.1) is 11.8 Å². The highest BCUT2D eigenvalue weighted by atomic mass is 16.2. The SMILES string of the molecule is CCCCC/C=C\C/C=C\CCCCCCCC(=O)N(CCC)C(C(=O)NCCN(C)CCNC(=O)C(C(C)C)N(CCC)C(=O)CCCCCCC/C=C\C/C=C\CCCCC)C(C)C. The second kappa shape index (κ2) is 44.3. The van der Waals surface area contributed by atoms with Crippen molar-refractivity contribution in [1.29, 1.82) is 0 Å². The number of hydrogen-bond donors (Lipinski definition) is 2. The summed E-state index contributed by atoms with van der Waals surface area (Å²) >= 11 is 0. The van der Waals surface area contributed by atoms with Crippen LogP contribution in [0.3, 0.4) is 0 Å². The normalized spacial score (nSPS) is 13.0. The van der Waals surface area contributed by atoms with E-state index in [1.54, 1.807) is 0 Å². The van der Waals surface area contributed by atoms with Crippen LogP contribution in [0.4, 0.5) is 0 Å². The van der Waals surface area contributed by atoms with Gasteiger partial charge in [-0.05, 0) is 109 Å². The van der Waals surface area contributed by atoms with Gasteiger partial charge in [-0.1, -0.05) is 168 Å². The first-order valence-corrected chi connectivity index (χ1v) is 27.4. The van der Waals surface area contributed by atoms with Gasteiger partial charge in [0, 0.05) is 52.1 Å². The average Bonchev–Trinajstić information content (AvgIpc) is 3.28. The Morgan fingerprint density at radius 3 is 1.05 bits per heavy atom.